The topological polar surface area (TPSA) is 278 Å². The summed E-state index contributed by atoms with van der Waals surface area (Å²) in [5.41, 5.74) is -5.57. The summed E-state index contributed by atoms with van der Waals surface area (Å²) in [5, 5.41) is 117. The molecule has 0 unspecified atom stereocenters. The van der Waals surface area contributed by atoms with Gasteiger partial charge >= 0.3 is 0 Å². The number of carbonyl (C=O) groups excluding carboxylic acids is 2. The van der Waals surface area contributed by atoms with Gasteiger partial charge in [0.05, 0.1) is 31.1 Å². The third-order valence-electron chi connectivity index (χ3n) is 7.56. The van der Waals surface area contributed by atoms with Crippen LogP contribution in [0.4, 0.5) is 0 Å². The minimum Gasteiger partial charge on any atom is -0.508 e. The summed E-state index contributed by atoms with van der Waals surface area (Å²) in [6, 6.07) is 4.32. The summed E-state index contributed by atoms with van der Waals surface area (Å²) in [5.74, 6) is -6.69. The zero-order chi connectivity index (χ0) is 31.1. The van der Waals surface area contributed by atoms with Crippen LogP contribution in [-0.2, 0) is 14.3 Å². The molecule has 0 aromatic heterocycles. The summed E-state index contributed by atoms with van der Waals surface area (Å²) in [6.45, 7) is -1.69. The van der Waals surface area contributed by atoms with Gasteiger partial charge in [-0.25, -0.2) is 0 Å². The molecule has 0 amide bonds. The second-order valence-corrected chi connectivity index (χ2v) is 10.1. The number of Topliss-reactive ketones (excluding diaryl/α,β-unsaturated/α-hetero) is 1. The molecule has 1 aliphatic carbocycles. The zero-order valence-corrected chi connectivity index (χ0v) is 21.7. The molecule has 15 heteroatoms. The monoisotopic (exact) mass is 593 g/mol. The van der Waals surface area contributed by atoms with Crippen LogP contribution in [0, 0.1) is 5.92 Å². The van der Waals surface area contributed by atoms with Gasteiger partial charge in [0.2, 0.25) is 5.78 Å². The van der Waals surface area contributed by atoms with Crippen molar-refractivity contribution in [2.75, 3.05) is 13.2 Å². The van der Waals surface area contributed by atoms with E-state index in [0.717, 1.165) is 6.08 Å². The molecule has 2 fully saturated rings. The van der Waals surface area contributed by atoms with Crippen molar-refractivity contribution in [3.05, 3.63) is 70.3 Å². The standard InChI is InChI=1S/C27H31NO14/c29-8-12-19(34)25(42-26(40)20(12)35)27(41)13(21(36)18-23(38)22(37)14(9-30)28-18)7-16(33)17(24(27)39)15(32)6-3-10-1-4-11(31)5-2-10/h1-7,12,14,19-20,22-23,25-26,28-32,34-38,40-41H,8-9H2/t12-,14-,19-,20+,22-,23-,25-,26+,27-/m1/s1. The summed E-state index contributed by atoms with van der Waals surface area (Å²) >= 11 is 0. The molecule has 2 heterocycles. The fraction of sp³-hybridized carbons (Fsp3) is 0.407. The molecule has 15 nitrogen and oxygen atoms in total. The Labute approximate surface area is 237 Å². The number of rotatable bonds is 6. The van der Waals surface area contributed by atoms with Crippen LogP contribution in [0.3, 0.4) is 0 Å². The molecule has 3 aliphatic rings. The van der Waals surface area contributed by atoms with E-state index in [-0.39, 0.29) is 5.75 Å². The first-order valence-corrected chi connectivity index (χ1v) is 12.7. The van der Waals surface area contributed by atoms with Gasteiger partial charge in [-0.3, -0.25) is 9.59 Å². The van der Waals surface area contributed by atoms with Crippen molar-refractivity contribution in [1.29, 1.82) is 0 Å². The van der Waals surface area contributed by atoms with Crippen LogP contribution in [0.2, 0.25) is 0 Å². The summed E-state index contributed by atoms with van der Waals surface area (Å²) in [6.07, 6.45) is -9.40. The molecule has 9 atom stereocenters. The summed E-state index contributed by atoms with van der Waals surface area (Å²) < 4.78 is 5.16. The normalized spacial score (nSPS) is 38.0. The Morgan fingerprint density at radius 3 is 2.17 bits per heavy atom. The molecule has 4 rings (SSSR count). The molecule has 1 aromatic rings. The SMILES string of the molecule is O=C1C=C(C(O)=C2N[C@H](CO)[C@@H](O)[C@@H]2O)[C@](O)([C@@H]2O[C@H](O)[C@@H](O)[C@H](CO)[C@H]2O)C(=O)C1=C(O)C=Cc1ccc(O)cc1. The Hall–Kier alpha value is -3.64. The van der Waals surface area contributed by atoms with E-state index in [2.05, 4.69) is 5.32 Å². The molecular weight excluding hydrogens is 562 g/mol. The van der Waals surface area contributed by atoms with Crippen LogP contribution in [0.25, 0.3) is 6.08 Å². The second-order valence-electron chi connectivity index (χ2n) is 10.1. The van der Waals surface area contributed by atoms with Gasteiger partial charge in [0.15, 0.2) is 17.7 Å². The van der Waals surface area contributed by atoms with Crippen molar-refractivity contribution in [2.24, 2.45) is 5.92 Å². The maximum atomic E-state index is 13.9. The molecule has 12 N–H and O–H groups in total. The molecule has 42 heavy (non-hydrogen) atoms. The average Bonchev–Trinajstić information content (AvgIpc) is 3.25. The zero-order valence-electron chi connectivity index (χ0n) is 21.7. The van der Waals surface area contributed by atoms with Crippen LogP contribution < -0.4 is 5.32 Å². The Kier molecular flexibility index (Phi) is 8.89. The van der Waals surface area contributed by atoms with Crippen molar-refractivity contribution in [2.45, 2.75) is 48.5 Å². The smallest absolute Gasteiger partial charge is 0.209 e. The van der Waals surface area contributed by atoms with Gasteiger partial charge in [-0.2, -0.15) is 0 Å². The van der Waals surface area contributed by atoms with E-state index in [1.807, 2.05) is 0 Å². The van der Waals surface area contributed by atoms with Gasteiger partial charge < -0.3 is 66.2 Å². The first kappa shape index (κ1) is 31.3. The number of allylic oxidation sites excluding steroid dienone is 2. The van der Waals surface area contributed by atoms with Crippen molar-refractivity contribution in [1.82, 2.24) is 5.32 Å². The van der Waals surface area contributed by atoms with Crippen LogP contribution in [-0.4, -0.2) is 129 Å². The molecule has 0 bridgehead atoms. The molecule has 0 radical (unpaired) electrons. The summed E-state index contributed by atoms with van der Waals surface area (Å²) in [7, 11) is 0. The molecule has 1 aromatic carbocycles. The van der Waals surface area contributed by atoms with Gasteiger partial charge in [-0.15, -0.1) is 0 Å². The number of ketones is 2. The Morgan fingerprint density at radius 1 is 0.952 bits per heavy atom. The van der Waals surface area contributed by atoms with Crippen molar-refractivity contribution >= 4 is 17.6 Å². The number of hydrogen-bond acceptors (Lipinski definition) is 15. The van der Waals surface area contributed by atoms with E-state index in [1.165, 1.54) is 30.3 Å². The van der Waals surface area contributed by atoms with Crippen LogP contribution in [0.1, 0.15) is 5.56 Å². The number of aromatic hydroxyl groups is 1. The number of nitrogens with one attached hydrogen (secondary N) is 1. The lowest BCUT2D eigenvalue weighted by Gasteiger charge is -2.47. The Morgan fingerprint density at radius 2 is 1.60 bits per heavy atom. The minimum atomic E-state index is -3.32. The molecule has 228 valence electrons. The third-order valence-corrected chi connectivity index (χ3v) is 7.56. The molecule has 0 spiro atoms. The highest BCUT2D eigenvalue weighted by atomic mass is 16.6. The largest absolute Gasteiger partial charge is 0.508 e. The number of benzene rings is 1. The first-order valence-electron chi connectivity index (χ1n) is 12.7. The van der Waals surface area contributed by atoms with Crippen LogP contribution >= 0.6 is 0 Å². The van der Waals surface area contributed by atoms with E-state index in [9.17, 15) is 65.8 Å². The van der Waals surface area contributed by atoms with Gasteiger partial charge in [0.1, 0.15) is 47.3 Å². The highest BCUT2D eigenvalue weighted by Crippen LogP contribution is 2.43. The minimum absolute atomic E-state index is 0.0525. The predicted molar refractivity (Wildman–Crippen MR) is 139 cm³/mol. The number of aliphatic hydroxyl groups excluding tert-OH is 9. The Bertz CT molecular complexity index is 1350. The van der Waals surface area contributed by atoms with Gasteiger partial charge in [0, 0.05) is 11.5 Å². The highest BCUT2D eigenvalue weighted by Gasteiger charge is 2.61. The van der Waals surface area contributed by atoms with Crippen molar-refractivity contribution in [3.8, 4) is 5.75 Å². The number of aliphatic hydroxyl groups is 10. The van der Waals surface area contributed by atoms with E-state index in [0.29, 0.717) is 11.6 Å². The van der Waals surface area contributed by atoms with E-state index in [1.54, 1.807) is 0 Å². The van der Waals surface area contributed by atoms with E-state index in [4.69, 9.17) is 4.74 Å². The van der Waals surface area contributed by atoms with E-state index >= 15 is 0 Å². The molecular formula is C27H31NO14. The fourth-order valence-electron chi connectivity index (χ4n) is 5.14. The third kappa shape index (κ3) is 5.22. The van der Waals surface area contributed by atoms with Crippen LogP contribution in [0.5, 0.6) is 5.75 Å². The lowest BCUT2D eigenvalue weighted by atomic mass is 9.69. The van der Waals surface area contributed by atoms with Gasteiger partial charge in [0.25, 0.3) is 0 Å². The fourth-order valence-corrected chi connectivity index (χ4v) is 5.14. The maximum absolute atomic E-state index is 13.9. The van der Waals surface area contributed by atoms with E-state index < -0.39 is 108 Å². The van der Waals surface area contributed by atoms with Crippen molar-refractivity contribution < 1.29 is 70.5 Å². The van der Waals surface area contributed by atoms with Gasteiger partial charge in [-0.1, -0.05) is 18.2 Å². The quantitative estimate of drug-likeness (QED) is 0.0867. The number of phenols is 1. The molecule has 0 saturated carbocycles. The second kappa shape index (κ2) is 11.9. The lowest BCUT2D eigenvalue weighted by Crippen LogP contribution is -2.67. The number of carbonyl (C=O) groups is 2. The van der Waals surface area contributed by atoms with Crippen LogP contribution in [0.15, 0.2) is 64.8 Å². The average molecular weight is 594 g/mol. The number of phenolic OH excluding ortho intramolecular Hbond substituents is 1. The van der Waals surface area contributed by atoms with Crippen molar-refractivity contribution in [3.63, 3.8) is 0 Å². The van der Waals surface area contributed by atoms with Gasteiger partial charge in [-0.05, 0) is 29.8 Å². The predicted octanol–water partition coefficient (Wildman–Crippen LogP) is -3.47. The Balaban J connectivity index is 1.90. The number of hydrogen-bond donors (Lipinski definition) is 12. The highest BCUT2D eigenvalue weighted by molar-refractivity contribution is 6.31. The maximum Gasteiger partial charge on any atom is 0.209 e. The lowest BCUT2D eigenvalue weighted by molar-refractivity contribution is -0.295. The number of ether oxygens (including phenoxy) is 1. The summed E-state index contributed by atoms with van der Waals surface area (Å²) in [4.78, 5) is 27.0. The first-order chi connectivity index (χ1) is 19.8. The molecule has 2 saturated heterocycles. The molecule has 2 aliphatic heterocycles.